The van der Waals surface area contributed by atoms with Crippen molar-refractivity contribution in [3.8, 4) is 0 Å². The molecular formula is C31H32FN3O6S. The Kier molecular flexibility index (Phi) is 8.65. The van der Waals surface area contributed by atoms with Crippen molar-refractivity contribution in [3.05, 3.63) is 106 Å². The van der Waals surface area contributed by atoms with Crippen LogP contribution in [-0.4, -0.2) is 44.5 Å². The lowest BCUT2D eigenvalue weighted by atomic mass is 9.82. The van der Waals surface area contributed by atoms with Crippen molar-refractivity contribution >= 4 is 27.3 Å². The number of ether oxygens (including phenoxy) is 2. The lowest BCUT2D eigenvalue weighted by Gasteiger charge is -2.27. The number of hydrogen-bond acceptors (Lipinski definition) is 8. The summed E-state index contributed by atoms with van der Waals surface area (Å²) in [7, 11) is -4.05. The van der Waals surface area contributed by atoms with Gasteiger partial charge in [0.25, 0.3) is 0 Å². The number of nitrogens with zero attached hydrogens (tertiary/aromatic N) is 1. The highest BCUT2D eigenvalue weighted by Crippen LogP contribution is 2.47. The van der Waals surface area contributed by atoms with Crippen molar-refractivity contribution in [2.75, 3.05) is 13.2 Å². The number of ketones is 1. The van der Waals surface area contributed by atoms with E-state index in [1.54, 1.807) is 36.5 Å². The number of hydrogen-bond donors (Lipinski definition) is 2. The van der Waals surface area contributed by atoms with Crippen LogP contribution in [0, 0.1) is 12.7 Å². The first-order valence-electron chi connectivity index (χ1n) is 13.7. The van der Waals surface area contributed by atoms with Crippen LogP contribution in [0.15, 0.2) is 66.4 Å². The Hall–Kier alpha value is -3.77. The molecular weight excluding hydrogens is 561 g/mol. The maximum atomic E-state index is 13.9. The summed E-state index contributed by atoms with van der Waals surface area (Å²) in [6.45, 7) is 6.29. The van der Waals surface area contributed by atoms with Crippen LogP contribution < -0.4 is 10.0 Å². The van der Waals surface area contributed by atoms with Gasteiger partial charge in [-0.3, -0.25) is 24.6 Å². The van der Waals surface area contributed by atoms with Crippen molar-refractivity contribution < 1.29 is 31.9 Å². The number of benzene rings is 2. The molecule has 1 amide bonds. The largest absolute Gasteiger partial charge is 0.366 e. The van der Waals surface area contributed by atoms with Gasteiger partial charge in [0.15, 0.2) is 5.78 Å². The fraction of sp³-hybridized carbons (Fsp3) is 0.323. The average Bonchev–Trinajstić information content (AvgIpc) is 3.31. The highest BCUT2D eigenvalue weighted by molar-refractivity contribution is 7.89. The number of carbonyl (C=O) groups excluding carboxylic acids is 2. The predicted molar refractivity (Wildman–Crippen MR) is 154 cm³/mol. The highest BCUT2D eigenvalue weighted by atomic mass is 32.2. The second-order valence-corrected chi connectivity index (χ2v) is 11.9. The summed E-state index contributed by atoms with van der Waals surface area (Å²) in [4.78, 5) is 30.8. The molecule has 0 saturated heterocycles. The zero-order chi connectivity index (χ0) is 30.0. The molecule has 220 valence electrons. The van der Waals surface area contributed by atoms with E-state index in [4.69, 9.17) is 9.47 Å². The molecule has 0 saturated carbocycles. The third-order valence-corrected chi connectivity index (χ3v) is 8.54. The van der Waals surface area contributed by atoms with Gasteiger partial charge in [-0.2, -0.15) is 0 Å². The van der Waals surface area contributed by atoms with E-state index >= 15 is 0 Å². The summed E-state index contributed by atoms with van der Waals surface area (Å²) in [5, 5.41) is 3.43. The van der Waals surface area contributed by atoms with Crippen LogP contribution in [0.25, 0.3) is 5.57 Å². The molecule has 9 nitrogen and oxygen atoms in total. The van der Waals surface area contributed by atoms with Gasteiger partial charge >= 0.3 is 0 Å². The summed E-state index contributed by atoms with van der Waals surface area (Å²) >= 11 is 0. The molecule has 0 bridgehead atoms. The van der Waals surface area contributed by atoms with Gasteiger partial charge in [-0.1, -0.05) is 42.5 Å². The summed E-state index contributed by atoms with van der Waals surface area (Å²) in [5.74, 6) is -2.02. The fourth-order valence-electron chi connectivity index (χ4n) is 5.59. The van der Waals surface area contributed by atoms with Crippen molar-refractivity contribution in [1.82, 2.24) is 15.0 Å². The van der Waals surface area contributed by atoms with Crippen LogP contribution in [0.1, 0.15) is 59.5 Å². The number of sulfonamides is 1. The summed E-state index contributed by atoms with van der Waals surface area (Å²) in [6.07, 6.45) is -0.0855. The molecule has 0 spiro atoms. The molecule has 2 N–H and O–H groups in total. The molecule has 0 fully saturated rings. The third-order valence-electron chi connectivity index (χ3n) is 7.29. The van der Waals surface area contributed by atoms with E-state index < -0.39 is 52.3 Å². The average molecular weight is 594 g/mol. The molecule has 2 aromatic carbocycles. The van der Waals surface area contributed by atoms with Gasteiger partial charge in [-0.05, 0) is 55.2 Å². The molecule has 2 heterocycles. The molecule has 11 heteroatoms. The Labute approximate surface area is 244 Å². The number of rotatable bonds is 10. The van der Waals surface area contributed by atoms with E-state index in [1.165, 1.54) is 18.2 Å². The smallest absolute Gasteiger partial charge is 0.239 e. The predicted octanol–water partition coefficient (Wildman–Crippen LogP) is 3.84. The van der Waals surface area contributed by atoms with Gasteiger partial charge in [0, 0.05) is 36.1 Å². The van der Waals surface area contributed by atoms with Crippen LogP contribution in [0.5, 0.6) is 0 Å². The monoisotopic (exact) mass is 593 g/mol. The highest BCUT2D eigenvalue weighted by Gasteiger charge is 2.47. The van der Waals surface area contributed by atoms with Gasteiger partial charge in [0.1, 0.15) is 18.1 Å². The van der Waals surface area contributed by atoms with Crippen molar-refractivity contribution in [2.45, 2.75) is 51.3 Å². The topological polar surface area (TPSA) is 124 Å². The zero-order valence-corrected chi connectivity index (χ0v) is 24.3. The van der Waals surface area contributed by atoms with Crippen LogP contribution in [-0.2, 0) is 41.3 Å². The fourth-order valence-corrected chi connectivity index (χ4v) is 6.69. The molecule has 3 atom stereocenters. The Morgan fingerprint density at radius 2 is 1.79 bits per heavy atom. The number of halogens is 1. The van der Waals surface area contributed by atoms with E-state index in [9.17, 15) is 22.4 Å². The zero-order valence-electron chi connectivity index (χ0n) is 23.5. The lowest BCUT2D eigenvalue weighted by molar-refractivity contribution is -0.127. The van der Waals surface area contributed by atoms with E-state index in [0.717, 1.165) is 11.1 Å². The molecule has 1 aliphatic carbocycles. The number of aryl methyl sites for hydroxylation is 1. The van der Waals surface area contributed by atoms with Crippen LogP contribution >= 0.6 is 0 Å². The molecule has 3 aromatic rings. The SMILES string of the molecule is CCOC1NC(c2ccc(CS(=O)(=O)NC(=O)Cc3ccccc3F)cc2C)C2=C1c1ncccc1C(OCC)C2=O. The Morgan fingerprint density at radius 1 is 1.02 bits per heavy atom. The molecule has 1 aromatic heterocycles. The number of Topliss-reactive ketones (excluding diaryl/α,β-unsaturated/α-hetero) is 1. The molecule has 1 aliphatic heterocycles. The van der Waals surface area contributed by atoms with E-state index in [0.29, 0.717) is 41.2 Å². The van der Waals surface area contributed by atoms with Crippen molar-refractivity contribution in [3.63, 3.8) is 0 Å². The van der Waals surface area contributed by atoms with Gasteiger partial charge in [-0.15, -0.1) is 0 Å². The Morgan fingerprint density at radius 3 is 2.50 bits per heavy atom. The Bertz CT molecular complexity index is 1670. The first-order chi connectivity index (χ1) is 20.1. The quantitative estimate of drug-likeness (QED) is 0.364. The van der Waals surface area contributed by atoms with Crippen molar-refractivity contribution in [2.24, 2.45) is 0 Å². The van der Waals surface area contributed by atoms with E-state index in [1.807, 2.05) is 31.6 Å². The van der Waals surface area contributed by atoms with Crippen LogP contribution in [0.4, 0.5) is 4.39 Å². The number of nitrogens with one attached hydrogen (secondary N) is 2. The number of carbonyl (C=O) groups is 2. The molecule has 0 radical (unpaired) electrons. The summed E-state index contributed by atoms with van der Waals surface area (Å²) in [6, 6.07) is 13.9. The van der Waals surface area contributed by atoms with Gasteiger partial charge in [0.2, 0.25) is 15.9 Å². The molecule has 2 aliphatic rings. The van der Waals surface area contributed by atoms with E-state index in [-0.39, 0.29) is 11.3 Å². The third kappa shape index (κ3) is 5.91. The van der Waals surface area contributed by atoms with Crippen molar-refractivity contribution in [1.29, 1.82) is 0 Å². The number of amides is 1. The second-order valence-electron chi connectivity index (χ2n) is 10.1. The van der Waals surface area contributed by atoms with Crippen LogP contribution in [0.3, 0.4) is 0 Å². The minimum Gasteiger partial charge on any atom is -0.366 e. The standard InChI is InChI=1S/C31H32FN3O6S/c1-4-40-30-22-10-8-14-33-27(22)26-25(29(30)37)28(34-31(26)41-5-2)21-13-12-19(15-18(21)3)17-42(38,39)35-24(36)16-20-9-6-7-11-23(20)32/h6-15,28,30-31,34H,4-5,16-17H2,1-3H3,(H,35,36). The summed E-state index contributed by atoms with van der Waals surface area (Å²) < 4.78 is 53.3. The first-order valence-corrected chi connectivity index (χ1v) is 15.4. The van der Waals surface area contributed by atoms with Crippen LogP contribution in [0.2, 0.25) is 0 Å². The second kappa shape index (κ2) is 12.2. The first kappa shape index (κ1) is 29.7. The normalized spacial score (nSPS) is 19.9. The number of pyridine rings is 1. The molecule has 42 heavy (non-hydrogen) atoms. The molecule has 3 unspecified atom stereocenters. The minimum atomic E-state index is -4.05. The van der Waals surface area contributed by atoms with E-state index in [2.05, 4.69) is 10.3 Å². The maximum Gasteiger partial charge on any atom is 0.239 e. The summed E-state index contributed by atoms with van der Waals surface area (Å²) in [5.41, 5.74) is 4.63. The minimum absolute atomic E-state index is 0.107. The molecule has 5 rings (SSSR count). The van der Waals surface area contributed by atoms with Gasteiger partial charge in [-0.25, -0.2) is 12.8 Å². The number of aromatic nitrogens is 1. The number of fused-ring (bicyclic) bond motifs is 2. The maximum absolute atomic E-state index is 13.9. The van der Waals surface area contributed by atoms with Gasteiger partial charge < -0.3 is 9.47 Å². The van der Waals surface area contributed by atoms with Gasteiger partial charge in [0.05, 0.1) is 23.9 Å². The lowest BCUT2D eigenvalue weighted by Crippen LogP contribution is -2.33. The Balaban J connectivity index is 1.41.